The van der Waals surface area contributed by atoms with Crippen molar-refractivity contribution in [3.8, 4) is 0 Å². The van der Waals surface area contributed by atoms with E-state index < -0.39 is 0 Å². The molecule has 7 heteroatoms. The van der Waals surface area contributed by atoms with Gasteiger partial charge in [0.2, 0.25) is 17.8 Å². The van der Waals surface area contributed by atoms with Crippen LogP contribution >= 0.6 is 0 Å². The van der Waals surface area contributed by atoms with Crippen LogP contribution in [0, 0.1) is 5.41 Å². The van der Waals surface area contributed by atoms with Crippen LogP contribution in [-0.4, -0.2) is 41.1 Å². The van der Waals surface area contributed by atoms with Gasteiger partial charge in [0.15, 0.2) is 0 Å². The van der Waals surface area contributed by atoms with E-state index in [4.69, 9.17) is 5.84 Å². The van der Waals surface area contributed by atoms with Crippen molar-refractivity contribution in [1.29, 1.82) is 0 Å². The lowest BCUT2D eigenvalue weighted by molar-refractivity contribution is 0.291. The Bertz CT molecular complexity index is 496. The maximum atomic E-state index is 5.53. The predicted molar refractivity (Wildman–Crippen MR) is 84.3 cm³/mol. The monoisotopic (exact) mass is 291 g/mol. The number of hydrazine groups is 1. The summed E-state index contributed by atoms with van der Waals surface area (Å²) in [5, 5.41) is 0. The Labute approximate surface area is 125 Å². The number of nitrogens with zero attached hydrogens (tertiary/aromatic N) is 5. The number of nitrogens with one attached hydrogen (secondary N) is 1. The molecule has 1 aromatic rings. The number of hydrogen-bond donors (Lipinski definition) is 2. The maximum absolute atomic E-state index is 5.53. The molecule has 0 aliphatic carbocycles. The summed E-state index contributed by atoms with van der Waals surface area (Å²) in [6.07, 6.45) is 4.81. The van der Waals surface area contributed by atoms with Gasteiger partial charge in [-0.3, -0.25) is 5.43 Å². The summed E-state index contributed by atoms with van der Waals surface area (Å²) in [6, 6.07) is 0. The minimum atomic E-state index is 0.301. The molecule has 1 aromatic heterocycles. The number of piperidine rings is 1. The SMILES string of the molecule is CC1(C)CCCN(c2nc(NN)nc(N3CCCC3)n2)C1. The van der Waals surface area contributed by atoms with Gasteiger partial charge >= 0.3 is 0 Å². The van der Waals surface area contributed by atoms with Crippen molar-refractivity contribution in [1.82, 2.24) is 15.0 Å². The molecule has 0 aromatic carbocycles. The zero-order valence-corrected chi connectivity index (χ0v) is 13.0. The second kappa shape index (κ2) is 5.63. The standard InChI is InChI=1S/C14H25N7/c1-14(2)6-5-9-21(10-14)13-17-11(19-15)16-12(18-13)20-7-3-4-8-20/h3-10,15H2,1-2H3,(H,16,17,18,19). The Morgan fingerprint density at radius 1 is 0.952 bits per heavy atom. The van der Waals surface area contributed by atoms with E-state index in [0.717, 1.165) is 38.1 Å². The fourth-order valence-corrected chi connectivity index (χ4v) is 3.21. The van der Waals surface area contributed by atoms with Crippen LogP contribution in [0.15, 0.2) is 0 Å². The molecule has 0 saturated carbocycles. The maximum Gasteiger partial charge on any atom is 0.243 e. The zero-order valence-electron chi connectivity index (χ0n) is 13.0. The van der Waals surface area contributed by atoms with E-state index in [1.807, 2.05) is 0 Å². The van der Waals surface area contributed by atoms with Gasteiger partial charge in [-0.1, -0.05) is 13.8 Å². The first kappa shape index (κ1) is 14.3. The van der Waals surface area contributed by atoms with Gasteiger partial charge in [0.25, 0.3) is 0 Å². The molecule has 0 atom stereocenters. The van der Waals surface area contributed by atoms with E-state index in [0.29, 0.717) is 11.4 Å². The van der Waals surface area contributed by atoms with Crippen LogP contribution in [0.25, 0.3) is 0 Å². The lowest BCUT2D eigenvalue weighted by atomic mass is 9.84. The highest BCUT2D eigenvalue weighted by Crippen LogP contribution is 2.31. The van der Waals surface area contributed by atoms with Crippen molar-refractivity contribution in [3.05, 3.63) is 0 Å². The molecule has 2 fully saturated rings. The average molecular weight is 291 g/mol. The highest BCUT2D eigenvalue weighted by molar-refractivity contribution is 5.45. The molecule has 2 aliphatic rings. The number of nitrogen functional groups attached to an aromatic ring is 1. The fourth-order valence-electron chi connectivity index (χ4n) is 3.21. The van der Waals surface area contributed by atoms with E-state index in [1.54, 1.807) is 0 Å². The number of anilines is 3. The van der Waals surface area contributed by atoms with E-state index in [-0.39, 0.29) is 0 Å². The molecule has 2 aliphatic heterocycles. The minimum Gasteiger partial charge on any atom is -0.341 e. The van der Waals surface area contributed by atoms with Crippen molar-refractivity contribution >= 4 is 17.8 Å². The Hall–Kier alpha value is -1.63. The first-order chi connectivity index (χ1) is 10.1. The van der Waals surface area contributed by atoms with Crippen molar-refractivity contribution in [2.45, 2.75) is 39.5 Å². The quantitative estimate of drug-likeness (QED) is 0.643. The van der Waals surface area contributed by atoms with Gasteiger partial charge in [-0.2, -0.15) is 15.0 Å². The first-order valence-electron chi connectivity index (χ1n) is 7.80. The van der Waals surface area contributed by atoms with E-state index in [9.17, 15) is 0 Å². The Balaban J connectivity index is 1.88. The fraction of sp³-hybridized carbons (Fsp3) is 0.786. The van der Waals surface area contributed by atoms with Gasteiger partial charge in [0.05, 0.1) is 0 Å². The topological polar surface area (TPSA) is 83.2 Å². The molecule has 21 heavy (non-hydrogen) atoms. The van der Waals surface area contributed by atoms with Crippen LogP contribution in [0.1, 0.15) is 39.5 Å². The second-order valence-corrected chi connectivity index (χ2v) is 6.79. The van der Waals surface area contributed by atoms with Crippen molar-refractivity contribution < 1.29 is 0 Å². The number of nitrogens with two attached hydrogens (primary N) is 1. The molecular weight excluding hydrogens is 266 g/mol. The third kappa shape index (κ3) is 3.18. The normalized spacial score (nSPS) is 21.7. The molecule has 3 N–H and O–H groups in total. The summed E-state index contributed by atoms with van der Waals surface area (Å²) >= 11 is 0. The van der Waals surface area contributed by atoms with Crippen LogP contribution in [0.2, 0.25) is 0 Å². The van der Waals surface area contributed by atoms with Crippen LogP contribution in [0.5, 0.6) is 0 Å². The number of aromatic nitrogens is 3. The van der Waals surface area contributed by atoms with Gasteiger partial charge in [-0.05, 0) is 31.1 Å². The first-order valence-corrected chi connectivity index (χ1v) is 7.80. The molecule has 3 rings (SSSR count). The smallest absolute Gasteiger partial charge is 0.243 e. The highest BCUT2D eigenvalue weighted by Gasteiger charge is 2.29. The Morgan fingerprint density at radius 2 is 1.57 bits per heavy atom. The lowest BCUT2D eigenvalue weighted by Gasteiger charge is -2.38. The van der Waals surface area contributed by atoms with Gasteiger partial charge in [0, 0.05) is 26.2 Å². The van der Waals surface area contributed by atoms with Gasteiger partial charge < -0.3 is 9.80 Å². The van der Waals surface area contributed by atoms with Crippen molar-refractivity contribution in [3.63, 3.8) is 0 Å². The van der Waals surface area contributed by atoms with Crippen LogP contribution in [0.4, 0.5) is 17.8 Å². The second-order valence-electron chi connectivity index (χ2n) is 6.79. The lowest BCUT2D eigenvalue weighted by Crippen LogP contribution is -2.41. The molecule has 116 valence electrons. The molecule has 0 spiro atoms. The number of hydrogen-bond acceptors (Lipinski definition) is 7. The van der Waals surface area contributed by atoms with E-state index >= 15 is 0 Å². The molecule has 3 heterocycles. The van der Waals surface area contributed by atoms with Crippen LogP contribution < -0.4 is 21.1 Å². The predicted octanol–water partition coefficient (Wildman–Crippen LogP) is 1.38. The Morgan fingerprint density at radius 3 is 2.19 bits per heavy atom. The minimum absolute atomic E-state index is 0.301. The molecule has 7 nitrogen and oxygen atoms in total. The van der Waals surface area contributed by atoms with Gasteiger partial charge in [-0.25, -0.2) is 5.84 Å². The molecule has 0 amide bonds. The summed E-state index contributed by atoms with van der Waals surface area (Å²) in [6.45, 7) is 8.59. The van der Waals surface area contributed by atoms with E-state index in [2.05, 4.69) is 44.0 Å². The average Bonchev–Trinajstić information content (AvgIpc) is 3.00. The molecule has 0 unspecified atom stereocenters. The summed E-state index contributed by atoms with van der Waals surface area (Å²) in [4.78, 5) is 18.0. The Kier molecular flexibility index (Phi) is 3.84. The molecule has 2 saturated heterocycles. The number of rotatable bonds is 3. The molecular formula is C14H25N7. The van der Waals surface area contributed by atoms with E-state index in [1.165, 1.54) is 25.7 Å². The summed E-state index contributed by atoms with van der Waals surface area (Å²) in [5.41, 5.74) is 2.88. The van der Waals surface area contributed by atoms with Crippen molar-refractivity contribution in [2.24, 2.45) is 11.3 Å². The highest BCUT2D eigenvalue weighted by atomic mass is 15.4. The van der Waals surface area contributed by atoms with Gasteiger partial charge in [-0.15, -0.1) is 0 Å². The van der Waals surface area contributed by atoms with Crippen molar-refractivity contribution in [2.75, 3.05) is 41.4 Å². The largest absolute Gasteiger partial charge is 0.341 e. The van der Waals surface area contributed by atoms with Crippen LogP contribution in [-0.2, 0) is 0 Å². The van der Waals surface area contributed by atoms with Gasteiger partial charge in [0.1, 0.15) is 0 Å². The third-order valence-corrected chi connectivity index (χ3v) is 4.31. The third-order valence-electron chi connectivity index (χ3n) is 4.31. The molecule has 0 radical (unpaired) electrons. The summed E-state index contributed by atoms with van der Waals surface area (Å²) in [7, 11) is 0. The van der Waals surface area contributed by atoms with Crippen LogP contribution in [0.3, 0.4) is 0 Å². The summed E-state index contributed by atoms with van der Waals surface area (Å²) < 4.78 is 0. The summed E-state index contributed by atoms with van der Waals surface area (Å²) in [5.74, 6) is 7.47. The molecule has 0 bridgehead atoms. The zero-order chi connectivity index (χ0) is 14.9.